The Hall–Kier alpha value is -12.1. The summed E-state index contributed by atoms with van der Waals surface area (Å²) in [7, 11) is 0. The second-order valence-electron chi connectivity index (χ2n) is 24.7. The zero-order valence-electron chi connectivity index (χ0n) is 50.2. The second kappa shape index (κ2) is 20.8. The van der Waals surface area contributed by atoms with Gasteiger partial charge in [-0.25, -0.2) is 0 Å². The van der Waals surface area contributed by atoms with E-state index in [9.17, 15) is 0 Å². The van der Waals surface area contributed by atoms with Gasteiger partial charge in [-0.15, -0.1) is 0 Å². The highest BCUT2D eigenvalue weighted by atomic mass is 15.2. The summed E-state index contributed by atoms with van der Waals surface area (Å²) < 4.78 is 2.50. The molecule has 0 saturated heterocycles. The van der Waals surface area contributed by atoms with Gasteiger partial charge in [-0.3, -0.25) is 0 Å². The summed E-state index contributed by atoms with van der Waals surface area (Å²) in [5, 5.41) is 25.6. The largest absolute Gasteiger partial charge is 0.309 e. The summed E-state index contributed by atoms with van der Waals surface area (Å²) in [5.74, 6) is 0. The molecule has 0 saturated carbocycles. The van der Waals surface area contributed by atoms with E-state index in [1.54, 1.807) is 0 Å². The van der Waals surface area contributed by atoms with Gasteiger partial charge < -0.3 is 9.47 Å². The molecule has 2 heteroatoms. The minimum absolute atomic E-state index is 1.17. The van der Waals surface area contributed by atoms with Crippen molar-refractivity contribution in [3.63, 3.8) is 0 Å². The quantitative estimate of drug-likeness (QED) is 0.156. The number of hydrogen-bond acceptors (Lipinski definition) is 1. The van der Waals surface area contributed by atoms with E-state index in [-0.39, 0.29) is 0 Å². The van der Waals surface area contributed by atoms with Crippen LogP contribution in [0.5, 0.6) is 0 Å². The molecule has 1 aromatic heterocycles. The Morgan fingerprint density at radius 2 is 0.598 bits per heavy atom. The third-order valence-corrected chi connectivity index (χ3v) is 19.7. The van der Waals surface area contributed by atoms with Gasteiger partial charge in [-0.2, -0.15) is 0 Å². The molecule has 92 heavy (non-hydrogen) atoms. The number of para-hydroxylation sites is 2. The number of aromatic nitrogens is 1. The summed E-state index contributed by atoms with van der Waals surface area (Å²) in [6.07, 6.45) is 0. The van der Waals surface area contributed by atoms with Crippen molar-refractivity contribution in [2.24, 2.45) is 0 Å². The summed E-state index contributed by atoms with van der Waals surface area (Å²) in [4.78, 5) is 2.41. The van der Waals surface area contributed by atoms with Crippen molar-refractivity contribution in [2.75, 3.05) is 4.90 Å². The van der Waals surface area contributed by atoms with Gasteiger partial charge in [0.05, 0.1) is 22.4 Å². The summed E-state index contributed by atoms with van der Waals surface area (Å²) >= 11 is 0. The fourth-order valence-electron chi connectivity index (χ4n) is 15.4. The molecule has 0 radical (unpaired) electrons. The molecule has 18 aromatic carbocycles. The van der Waals surface area contributed by atoms with Gasteiger partial charge >= 0.3 is 0 Å². The predicted octanol–water partition coefficient (Wildman–Crippen LogP) is 25.3. The minimum atomic E-state index is 1.17. The average Bonchev–Trinajstić information content (AvgIpc) is 1.46. The van der Waals surface area contributed by atoms with E-state index in [1.165, 1.54) is 186 Å². The molecule has 0 unspecified atom stereocenters. The van der Waals surface area contributed by atoms with E-state index in [0.29, 0.717) is 0 Å². The third kappa shape index (κ3) is 8.14. The number of hydrogen-bond donors (Lipinski definition) is 0. The van der Waals surface area contributed by atoms with Crippen molar-refractivity contribution in [3.05, 3.63) is 340 Å². The van der Waals surface area contributed by atoms with E-state index < -0.39 is 0 Å². The smallest absolute Gasteiger partial charge is 0.0619 e. The average molecular weight is 1170 g/mol. The molecule has 1 aliphatic heterocycles. The van der Waals surface area contributed by atoms with Crippen molar-refractivity contribution < 1.29 is 0 Å². The first-order valence-electron chi connectivity index (χ1n) is 31.9. The van der Waals surface area contributed by atoms with Crippen molar-refractivity contribution in [1.82, 2.24) is 4.57 Å². The highest BCUT2D eigenvalue weighted by Crippen LogP contribution is 2.53. The molecule has 1 aliphatic rings. The van der Waals surface area contributed by atoms with Gasteiger partial charge in [0.2, 0.25) is 0 Å². The summed E-state index contributed by atoms with van der Waals surface area (Å²) in [6, 6.07) is 125. The van der Waals surface area contributed by atoms with Crippen LogP contribution >= 0.6 is 0 Å². The number of fused-ring (bicyclic) bond motifs is 19. The first-order valence-corrected chi connectivity index (χ1v) is 31.9. The van der Waals surface area contributed by atoms with E-state index in [1.807, 2.05) is 0 Å². The Morgan fingerprint density at radius 1 is 0.174 bits per heavy atom. The Kier molecular flexibility index (Phi) is 11.7. The highest BCUT2D eigenvalue weighted by Gasteiger charge is 2.27. The maximum absolute atomic E-state index is 2.50. The standard InChI is InChI=1S/C46H29N.C44H27N/c1-2-10-37(11-3-1)47-44-16-7-6-13-40(44)42-15-8-14-41-39(25-26-45(47)46(41)42)36-24-23-32-27-33(21-22-34(32)28-36)35-20-19-31-18-17-30-9-4-5-12-38(30)43(31)29-35;1-3-14-33-28(10-1)20-24-40-41-25-21-29-11-2-4-15-34(29)44(41)45(43(33)40)32-13-9-12-30(26-32)31-22-23-39-37-18-6-5-16-35(37)36-17-7-8-19-38(36)42(39)27-31/h1-29H;1-27H. The molecular weight excluding hydrogens is 1110 g/mol. The van der Waals surface area contributed by atoms with Crippen LogP contribution in [0, 0.1) is 0 Å². The normalized spacial score (nSPS) is 12.1. The molecule has 0 spiro atoms. The number of rotatable bonds is 5. The van der Waals surface area contributed by atoms with Crippen LogP contribution in [0.1, 0.15) is 0 Å². The Labute approximate surface area is 532 Å². The molecule has 2 heterocycles. The first kappa shape index (κ1) is 51.9. The molecule has 0 atom stereocenters. The lowest BCUT2D eigenvalue weighted by Gasteiger charge is -2.34. The van der Waals surface area contributed by atoms with Crippen LogP contribution in [0.4, 0.5) is 17.1 Å². The molecule has 0 fully saturated rings. The van der Waals surface area contributed by atoms with Crippen LogP contribution in [0.15, 0.2) is 340 Å². The molecule has 0 aliphatic carbocycles. The Balaban J connectivity index is 0.000000132. The lowest BCUT2D eigenvalue weighted by Crippen LogP contribution is -2.15. The van der Waals surface area contributed by atoms with Gasteiger partial charge in [0.1, 0.15) is 0 Å². The van der Waals surface area contributed by atoms with Gasteiger partial charge in [-0.1, -0.05) is 279 Å². The predicted molar refractivity (Wildman–Crippen MR) is 395 cm³/mol. The maximum Gasteiger partial charge on any atom is 0.0619 e. The third-order valence-electron chi connectivity index (χ3n) is 19.7. The molecule has 0 bridgehead atoms. The SMILES string of the molecule is c1cc(-c2ccc3c4ccccc4c4ccccc4c3c2)cc(-n2c3c4ccccc4ccc3c3ccc4ccccc4c32)c1.c1ccc(N2c3ccccc3-c3cccc4c(-c5ccc6cc(-c7ccc8ccc9ccccc9c8c7)ccc6c5)ccc2c34)cc1. The van der Waals surface area contributed by atoms with Crippen LogP contribution < -0.4 is 4.90 Å². The Bertz CT molecular complexity index is 6140. The van der Waals surface area contributed by atoms with E-state index >= 15 is 0 Å². The van der Waals surface area contributed by atoms with Gasteiger partial charge in [-0.05, 0) is 180 Å². The van der Waals surface area contributed by atoms with Crippen LogP contribution in [-0.2, 0) is 0 Å². The second-order valence-corrected chi connectivity index (χ2v) is 24.7. The molecule has 2 nitrogen and oxygen atoms in total. The van der Waals surface area contributed by atoms with E-state index in [0.717, 1.165) is 0 Å². The van der Waals surface area contributed by atoms with Crippen molar-refractivity contribution >= 4 is 136 Å². The molecule has 0 amide bonds. The van der Waals surface area contributed by atoms with Gasteiger partial charge in [0.25, 0.3) is 0 Å². The van der Waals surface area contributed by atoms with Crippen molar-refractivity contribution in [1.29, 1.82) is 0 Å². The van der Waals surface area contributed by atoms with Crippen LogP contribution in [0.3, 0.4) is 0 Å². The number of nitrogens with zero attached hydrogens (tertiary/aromatic N) is 2. The molecule has 426 valence electrons. The highest BCUT2D eigenvalue weighted by molar-refractivity contribution is 6.27. The summed E-state index contributed by atoms with van der Waals surface area (Å²) in [6.45, 7) is 0. The van der Waals surface area contributed by atoms with Crippen LogP contribution in [-0.4, -0.2) is 4.57 Å². The molecule has 19 aromatic rings. The number of benzene rings is 18. The Morgan fingerprint density at radius 3 is 1.28 bits per heavy atom. The lowest BCUT2D eigenvalue weighted by molar-refractivity contribution is 1.19. The van der Waals surface area contributed by atoms with E-state index in [2.05, 4.69) is 349 Å². The lowest BCUT2D eigenvalue weighted by atomic mass is 9.87. The van der Waals surface area contributed by atoms with Crippen LogP contribution in [0.2, 0.25) is 0 Å². The topological polar surface area (TPSA) is 8.17 Å². The zero-order chi connectivity index (χ0) is 60.4. The van der Waals surface area contributed by atoms with Gasteiger partial charge in [0, 0.05) is 43.9 Å². The molecular formula is C90H56N2. The molecule has 0 N–H and O–H groups in total. The van der Waals surface area contributed by atoms with E-state index in [4.69, 9.17) is 0 Å². The monoisotopic (exact) mass is 1160 g/mol. The molecule has 20 rings (SSSR count). The maximum atomic E-state index is 2.50. The van der Waals surface area contributed by atoms with Gasteiger partial charge in [0.15, 0.2) is 0 Å². The van der Waals surface area contributed by atoms with Crippen molar-refractivity contribution in [3.8, 4) is 50.2 Å². The fourth-order valence-corrected chi connectivity index (χ4v) is 15.4. The first-order chi connectivity index (χ1) is 45.6. The van der Waals surface area contributed by atoms with Crippen LogP contribution in [0.25, 0.3) is 169 Å². The summed E-state index contributed by atoms with van der Waals surface area (Å²) in [5.41, 5.74) is 17.2. The fraction of sp³-hybridized carbons (Fsp3) is 0. The number of anilines is 3. The van der Waals surface area contributed by atoms with Crippen molar-refractivity contribution in [2.45, 2.75) is 0 Å². The zero-order valence-corrected chi connectivity index (χ0v) is 50.2. The minimum Gasteiger partial charge on any atom is -0.309 e.